The molecule has 0 saturated heterocycles. The number of carbonyl (C=O) groups is 1. The predicted molar refractivity (Wildman–Crippen MR) is 71.3 cm³/mol. The van der Waals surface area contributed by atoms with Crippen molar-refractivity contribution in [2.24, 2.45) is 5.73 Å². The summed E-state index contributed by atoms with van der Waals surface area (Å²) in [5, 5.41) is 3.21. The number of carbonyl (C=O) groups excluding carboxylic acids is 1. The normalized spacial score (nSPS) is 21.1. The van der Waals surface area contributed by atoms with E-state index in [1.807, 2.05) is 54.6 Å². The molecule has 0 aliphatic carbocycles. The van der Waals surface area contributed by atoms with E-state index in [2.05, 4.69) is 5.32 Å². The summed E-state index contributed by atoms with van der Waals surface area (Å²) in [6.45, 7) is 0. The molecule has 3 heteroatoms. The van der Waals surface area contributed by atoms with Crippen molar-refractivity contribution in [1.82, 2.24) is 0 Å². The number of primary amides is 1. The van der Waals surface area contributed by atoms with Gasteiger partial charge in [-0.1, -0.05) is 48.5 Å². The average molecular weight is 238 g/mol. The van der Waals surface area contributed by atoms with Crippen molar-refractivity contribution in [3.05, 3.63) is 65.7 Å². The van der Waals surface area contributed by atoms with Crippen LogP contribution in [0, 0.1) is 0 Å². The molecule has 18 heavy (non-hydrogen) atoms. The molecule has 2 atom stereocenters. The summed E-state index contributed by atoms with van der Waals surface area (Å²) in [6.07, 6.45) is 0. The molecule has 0 bridgehead atoms. The highest BCUT2D eigenvalue weighted by atomic mass is 16.1. The first-order valence-corrected chi connectivity index (χ1v) is 5.97. The standard InChI is InChI=1S/C15H14N2O/c16-15(18)14-13(10-6-2-1-3-7-10)11-8-4-5-9-12(11)17-14/h1-9,13-14,17H,(H2,16,18)/t13-,14-/m1/s1. The molecule has 1 heterocycles. The molecular formula is C15H14N2O. The van der Waals surface area contributed by atoms with Crippen molar-refractivity contribution in [3.63, 3.8) is 0 Å². The van der Waals surface area contributed by atoms with Crippen LogP contribution in [-0.4, -0.2) is 11.9 Å². The van der Waals surface area contributed by atoms with Crippen LogP contribution in [0.1, 0.15) is 17.0 Å². The van der Waals surface area contributed by atoms with Gasteiger partial charge >= 0.3 is 0 Å². The van der Waals surface area contributed by atoms with Gasteiger partial charge in [0.25, 0.3) is 0 Å². The minimum Gasteiger partial charge on any atom is -0.373 e. The largest absolute Gasteiger partial charge is 0.373 e. The molecule has 0 unspecified atom stereocenters. The van der Waals surface area contributed by atoms with E-state index < -0.39 is 0 Å². The number of para-hydroxylation sites is 1. The van der Waals surface area contributed by atoms with Gasteiger partial charge in [0.1, 0.15) is 6.04 Å². The summed E-state index contributed by atoms with van der Waals surface area (Å²) in [7, 11) is 0. The predicted octanol–water partition coefficient (Wildman–Crippen LogP) is 2.10. The molecule has 2 aromatic rings. The lowest BCUT2D eigenvalue weighted by Crippen LogP contribution is -2.36. The Morgan fingerprint density at radius 3 is 2.39 bits per heavy atom. The van der Waals surface area contributed by atoms with E-state index in [1.165, 1.54) is 0 Å². The van der Waals surface area contributed by atoms with Gasteiger partial charge in [-0.05, 0) is 17.2 Å². The summed E-state index contributed by atoms with van der Waals surface area (Å²) in [4.78, 5) is 11.6. The van der Waals surface area contributed by atoms with E-state index in [0.717, 1.165) is 16.8 Å². The summed E-state index contributed by atoms with van der Waals surface area (Å²) >= 11 is 0. The van der Waals surface area contributed by atoms with E-state index in [-0.39, 0.29) is 17.9 Å². The van der Waals surface area contributed by atoms with Crippen molar-refractivity contribution in [3.8, 4) is 0 Å². The minimum atomic E-state index is -0.371. The van der Waals surface area contributed by atoms with Gasteiger partial charge in [0, 0.05) is 11.6 Å². The van der Waals surface area contributed by atoms with Crippen LogP contribution in [0.25, 0.3) is 0 Å². The molecule has 0 fully saturated rings. The van der Waals surface area contributed by atoms with Crippen LogP contribution in [0.5, 0.6) is 0 Å². The van der Waals surface area contributed by atoms with Gasteiger partial charge in [-0.15, -0.1) is 0 Å². The molecule has 0 spiro atoms. The monoisotopic (exact) mass is 238 g/mol. The Morgan fingerprint density at radius 1 is 1.00 bits per heavy atom. The van der Waals surface area contributed by atoms with Crippen molar-refractivity contribution in [2.75, 3.05) is 5.32 Å². The highest BCUT2D eigenvalue weighted by Gasteiger charge is 2.36. The zero-order valence-electron chi connectivity index (χ0n) is 9.84. The van der Waals surface area contributed by atoms with Gasteiger partial charge in [0.2, 0.25) is 5.91 Å². The number of hydrogen-bond acceptors (Lipinski definition) is 2. The molecule has 1 aliphatic heterocycles. The molecule has 2 aromatic carbocycles. The van der Waals surface area contributed by atoms with Gasteiger partial charge in [0.05, 0.1) is 0 Å². The second kappa shape index (κ2) is 4.18. The topological polar surface area (TPSA) is 55.1 Å². The highest BCUT2D eigenvalue weighted by molar-refractivity contribution is 5.88. The number of amides is 1. The summed E-state index contributed by atoms with van der Waals surface area (Å²) in [5.74, 6) is -0.319. The van der Waals surface area contributed by atoms with Crippen LogP contribution in [0.4, 0.5) is 5.69 Å². The summed E-state index contributed by atoms with van der Waals surface area (Å²) in [5.41, 5.74) is 8.74. The SMILES string of the molecule is NC(=O)[C@@H]1Nc2ccccc2[C@H]1c1ccccc1. The smallest absolute Gasteiger partial charge is 0.240 e. The van der Waals surface area contributed by atoms with Crippen LogP contribution >= 0.6 is 0 Å². The van der Waals surface area contributed by atoms with E-state index in [4.69, 9.17) is 5.73 Å². The van der Waals surface area contributed by atoms with Crippen LogP contribution < -0.4 is 11.1 Å². The Morgan fingerprint density at radius 2 is 1.67 bits per heavy atom. The quantitative estimate of drug-likeness (QED) is 0.841. The molecule has 0 aromatic heterocycles. The Kier molecular flexibility index (Phi) is 2.52. The van der Waals surface area contributed by atoms with Gasteiger partial charge < -0.3 is 11.1 Å². The Labute approximate surface area is 106 Å². The van der Waals surface area contributed by atoms with Gasteiger partial charge in [-0.3, -0.25) is 4.79 Å². The Bertz CT molecular complexity index is 580. The van der Waals surface area contributed by atoms with E-state index in [0.29, 0.717) is 0 Å². The van der Waals surface area contributed by atoms with Crippen molar-refractivity contribution >= 4 is 11.6 Å². The Balaban J connectivity index is 2.11. The first-order chi connectivity index (χ1) is 8.77. The van der Waals surface area contributed by atoms with Crippen LogP contribution in [0.15, 0.2) is 54.6 Å². The van der Waals surface area contributed by atoms with Gasteiger partial charge in [-0.25, -0.2) is 0 Å². The van der Waals surface area contributed by atoms with Crippen molar-refractivity contribution in [2.45, 2.75) is 12.0 Å². The van der Waals surface area contributed by atoms with Crippen LogP contribution in [0.2, 0.25) is 0 Å². The molecule has 1 aliphatic rings. The molecule has 1 amide bonds. The van der Waals surface area contributed by atoms with Crippen molar-refractivity contribution < 1.29 is 4.79 Å². The lowest BCUT2D eigenvalue weighted by molar-refractivity contribution is -0.118. The fourth-order valence-electron chi connectivity index (χ4n) is 2.60. The van der Waals surface area contributed by atoms with Crippen LogP contribution in [0.3, 0.4) is 0 Å². The number of anilines is 1. The van der Waals surface area contributed by atoms with Gasteiger partial charge in [0.15, 0.2) is 0 Å². The first kappa shape index (κ1) is 10.8. The maximum absolute atomic E-state index is 11.6. The zero-order valence-corrected chi connectivity index (χ0v) is 9.84. The molecule has 0 radical (unpaired) electrons. The third-order valence-corrected chi connectivity index (χ3v) is 3.41. The second-order valence-electron chi connectivity index (χ2n) is 4.50. The number of benzene rings is 2. The summed E-state index contributed by atoms with van der Waals surface area (Å²) in [6, 6.07) is 17.6. The number of rotatable bonds is 2. The molecule has 3 nitrogen and oxygen atoms in total. The van der Waals surface area contributed by atoms with Crippen molar-refractivity contribution in [1.29, 1.82) is 0 Å². The summed E-state index contributed by atoms with van der Waals surface area (Å²) < 4.78 is 0. The molecule has 3 rings (SSSR count). The highest BCUT2D eigenvalue weighted by Crippen LogP contribution is 2.39. The lowest BCUT2D eigenvalue weighted by Gasteiger charge is -2.17. The fourth-order valence-corrected chi connectivity index (χ4v) is 2.60. The van der Waals surface area contributed by atoms with Crippen LogP contribution in [-0.2, 0) is 4.79 Å². The van der Waals surface area contributed by atoms with E-state index in [1.54, 1.807) is 0 Å². The number of fused-ring (bicyclic) bond motifs is 1. The molecular weight excluding hydrogens is 224 g/mol. The molecule has 90 valence electrons. The third kappa shape index (κ3) is 1.64. The maximum atomic E-state index is 11.6. The zero-order chi connectivity index (χ0) is 12.5. The number of hydrogen-bond donors (Lipinski definition) is 2. The lowest BCUT2D eigenvalue weighted by atomic mass is 9.87. The third-order valence-electron chi connectivity index (χ3n) is 3.41. The van der Waals surface area contributed by atoms with E-state index in [9.17, 15) is 4.79 Å². The fraction of sp³-hybridized carbons (Fsp3) is 0.133. The molecule has 0 saturated carbocycles. The average Bonchev–Trinajstić information content (AvgIpc) is 2.79. The number of nitrogens with one attached hydrogen (secondary N) is 1. The number of nitrogens with two attached hydrogens (primary N) is 1. The second-order valence-corrected chi connectivity index (χ2v) is 4.50. The van der Waals surface area contributed by atoms with E-state index >= 15 is 0 Å². The maximum Gasteiger partial charge on any atom is 0.240 e. The first-order valence-electron chi connectivity index (χ1n) is 5.97. The molecule has 3 N–H and O–H groups in total. The minimum absolute atomic E-state index is 0.0000926. The Hall–Kier alpha value is -2.29. The van der Waals surface area contributed by atoms with Gasteiger partial charge in [-0.2, -0.15) is 0 Å².